The summed E-state index contributed by atoms with van der Waals surface area (Å²) in [5, 5.41) is 16.6. The number of anilines is 2. The number of nitrogens with one attached hydrogen (secondary N) is 2. The van der Waals surface area contributed by atoms with Crippen LogP contribution in [0.1, 0.15) is 19.5 Å². The average molecular weight is 283 g/mol. The molecule has 9 heteroatoms. The first kappa shape index (κ1) is 15.6. The Morgan fingerprint density at radius 3 is 2.65 bits per heavy atom. The molecule has 2 N–H and O–H groups in total. The zero-order valence-corrected chi connectivity index (χ0v) is 11.8. The lowest BCUT2D eigenvalue weighted by Gasteiger charge is -2.14. The van der Waals surface area contributed by atoms with Gasteiger partial charge in [-0.05, 0) is 20.8 Å². The predicted molar refractivity (Wildman–Crippen MR) is 72.7 cm³/mol. The minimum absolute atomic E-state index is 0.0173. The lowest BCUT2D eigenvalue weighted by Crippen LogP contribution is -2.28. The number of rotatable bonds is 6. The Labute approximate surface area is 115 Å². The van der Waals surface area contributed by atoms with E-state index in [2.05, 4.69) is 25.3 Å². The van der Waals surface area contributed by atoms with E-state index in [1.807, 2.05) is 6.92 Å². The monoisotopic (exact) mass is 283 g/mol. The van der Waals surface area contributed by atoms with Crippen LogP contribution in [0.5, 0.6) is 0 Å². The third kappa shape index (κ3) is 3.53. The van der Waals surface area contributed by atoms with E-state index >= 15 is 0 Å². The van der Waals surface area contributed by atoms with Gasteiger partial charge in [-0.2, -0.15) is 4.98 Å². The van der Waals surface area contributed by atoms with E-state index in [-0.39, 0.29) is 23.1 Å². The molecule has 1 aromatic heterocycles. The SMILES string of the molecule is CCNc1nc(C)c([N+](=O)[O-])c(NC(C)C(=O)OC)n1. The lowest BCUT2D eigenvalue weighted by atomic mass is 10.3. The topological polar surface area (TPSA) is 119 Å². The molecule has 0 saturated heterocycles. The first-order valence-electron chi connectivity index (χ1n) is 6.02. The van der Waals surface area contributed by atoms with Crippen molar-refractivity contribution in [2.45, 2.75) is 26.8 Å². The second-order valence-corrected chi connectivity index (χ2v) is 4.01. The zero-order chi connectivity index (χ0) is 15.3. The number of esters is 1. The normalized spacial score (nSPS) is 11.6. The molecule has 1 rings (SSSR count). The molecule has 20 heavy (non-hydrogen) atoms. The fourth-order valence-corrected chi connectivity index (χ4v) is 1.56. The summed E-state index contributed by atoms with van der Waals surface area (Å²) in [6.45, 7) is 5.46. The number of nitrogens with zero attached hydrogens (tertiary/aromatic N) is 3. The molecule has 1 heterocycles. The minimum Gasteiger partial charge on any atom is -0.467 e. The van der Waals surface area contributed by atoms with E-state index in [9.17, 15) is 14.9 Å². The molecule has 0 aliphatic rings. The molecule has 0 spiro atoms. The van der Waals surface area contributed by atoms with Gasteiger partial charge in [0.15, 0.2) is 0 Å². The van der Waals surface area contributed by atoms with Crippen LogP contribution in [-0.2, 0) is 9.53 Å². The second kappa shape index (κ2) is 6.64. The summed E-state index contributed by atoms with van der Waals surface area (Å²) < 4.78 is 4.56. The minimum atomic E-state index is -0.762. The number of hydrogen-bond donors (Lipinski definition) is 2. The molecular weight excluding hydrogens is 266 g/mol. The third-order valence-electron chi connectivity index (χ3n) is 2.48. The molecule has 9 nitrogen and oxygen atoms in total. The van der Waals surface area contributed by atoms with Gasteiger partial charge in [0.2, 0.25) is 11.8 Å². The molecule has 0 saturated carbocycles. The van der Waals surface area contributed by atoms with Crippen molar-refractivity contribution in [3.05, 3.63) is 15.8 Å². The molecule has 0 aromatic carbocycles. The number of aryl methyl sites for hydroxylation is 1. The maximum absolute atomic E-state index is 11.4. The molecule has 110 valence electrons. The summed E-state index contributed by atoms with van der Waals surface area (Å²) in [5.74, 6) is -0.299. The van der Waals surface area contributed by atoms with Gasteiger partial charge in [0, 0.05) is 6.54 Å². The Kier molecular flexibility index (Phi) is 5.18. The number of methoxy groups -OCH3 is 1. The van der Waals surface area contributed by atoms with Crippen LogP contribution in [0.25, 0.3) is 0 Å². The van der Waals surface area contributed by atoms with Gasteiger partial charge >= 0.3 is 11.7 Å². The van der Waals surface area contributed by atoms with Crippen LogP contribution in [-0.4, -0.2) is 40.6 Å². The molecule has 1 unspecified atom stereocenters. The summed E-state index contributed by atoms with van der Waals surface area (Å²) in [4.78, 5) is 29.9. The van der Waals surface area contributed by atoms with Gasteiger partial charge in [-0.1, -0.05) is 0 Å². The van der Waals surface area contributed by atoms with Gasteiger partial charge in [-0.15, -0.1) is 0 Å². The van der Waals surface area contributed by atoms with Gasteiger partial charge in [-0.25, -0.2) is 9.78 Å². The summed E-state index contributed by atoms with van der Waals surface area (Å²) in [5.41, 5.74) is -0.0529. The van der Waals surface area contributed by atoms with Gasteiger partial charge in [-0.3, -0.25) is 10.1 Å². The van der Waals surface area contributed by atoms with Crippen molar-refractivity contribution in [2.75, 3.05) is 24.3 Å². The summed E-state index contributed by atoms with van der Waals surface area (Å²) >= 11 is 0. The first-order chi connectivity index (χ1) is 9.40. The van der Waals surface area contributed by atoms with Gasteiger partial charge in [0.1, 0.15) is 11.7 Å². The maximum atomic E-state index is 11.4. The number of nitro groups is 1. The Morgan fingerprint density at radius 1 is 1.50 bits per heavy atom. The van der Waals surface area contributed by atoms with E-state index < -0.39 is 16.9 Å². The average Bonchev–Trinajstić information content (AvgIpc) is 2.37. The second-order valence-electron chi connectivity index (χ2n) is 4.01. The molecule has 0 fully saturated rings. The third-order valence-corrected chi connectivity index (χ3v) is 2.48. The Hall–Kier alpha value is -2.45. The van der Waals surface area contributed by atoms with Crippen LogP contribution in [0, 0.1) is 17.0 Å². The summed E-state index contributed by atoms with van der Waals surface area (Å²) in [6, 6.07) is -0.762. The molecule has 0 bridgehead atoms. The van der Waals surface area contributed by atoms with Crippen LogP contribution >= 0.6 is 0 Å². The first-order valence-corrected chi connectivity index (χ1v) is 6.02. The van der Waals surface area contributed by atoms with Crippen LogP contribution in [0.3, 0.4) is 0 Å². The summed E-state index contributed by atoms with van der Waals surface area (Å²) in [6.07, 6.45) is 0. The van der Waals surface area contributed by atoms with E-state index in [0.29, 0.717) is 6.54 Å². The molecular formula is C11H17N5O4. The predicted octanol–water partition coefficient (Wildman–Crippen LogP) is 1.10. The van der Waals surface area contributed by atoms with Crippen molar-refractivity contribution in [1.82, 2.24) is 9.97 Å². The number of aromatic nitrogens is 2. The molecule has 0 radical (unpaired) electrons. The Balaban J connectivity index is 3.19. The molecule has 1 aromatic rings. The highest BCUT2D eigenvalue weighted by atomic mass is 16.6. The maximum Gasteiger partial charge on any atom is 0.332 e. The quantitative estimate of drug-likeness (QED) is 0.452. The smallest absolute Gasteiger partial charge is 0.332 e. The van der Waals surface area contributed by atoms with Crippen LogP contribution in [0.2, 0.25) is 0 Å². The standard InChI is InChI=1S/C11H17N5O4/c1-5-12-11-14-6(2)8(16(18)19)9(15-11)13-7(3)10(17)20-4/h7H,5H2,1-4H3,(H2,12,13,14,15). The van der Waals surface area contributed by atoms with Crippen LogP contribution in [0.4, 0.5) is 17.5 Å². The van der Waals surface area contributed by atoms with Crippen LogP contribution in [0.15, 0.2) is 0 Å². The Morgan fingerprint density at radius 2 is 2.15 bits per heavy atom. The van der Waals surface area contributed by atoms with E-state index in [4.69, 9.17) is 0 Å². The highest BCUT2D eigenvalue weighted by molar-refractivity contribution is 5.79. The zero-order valence-electron chi connectivity index (χ0n) is 11.8. The van der Waals surface area contributed by atoms with Gasteiger partial charge in [0.05, 0.1) is 12.0 Å². The fraction of sp³-hybridized carbons (Fsp3) is 0.545. The largest absolute Gasteiger partial charge is 0.467 e. The molecule has 0 aliphatic carbocycles. The highest BCUT2D eigenvalue weighted by Crippen LogP contribution is 2.27. The van der Waals surface area contributed by atoms with Crippen molar-refractivity contribution in [3.63, 3.8) is 0 Å². The van der Waals surface area contributed by atoms with Crippen molar-refractivity contribution in [3.8, 4) is 0 Å². The van der Waals surface area contributed by atoms with Crippen molar-refractivity contribution < 1.29 is 14.5 Å². The highest BCUT2D eigenvalue weighted by Gasteiger charge is 2.25. The van der Waals surface area contributed by atoms with Crippen molar-refractivity contribution in [2.24, 2.45) is 0 Å². The summed E-state index contributed by atoms with van der Waals surface area (Å²) in [7, 11) is 1.24. The van der Waals surface area contributed by atoms with Gasteiger partial charge < -0.3 is 15.4 Å². The number of carbonyl (C=O) groups excluding carboxylic acids is 1. The lowest BCUT2D eigenvalue weighted by molar-refractivity contribution is -0.385. The van der Waals surface area contributed by atoms with Crippen molar-refractivity contribution in [1.29, 1.82) is 0 Å². The fourth-order valence-electron chi connectivity index (χ4n) is 1.56. The number of carbonyl (C=O) groups is 1. The van der Waals surface area contributed by atoms with Gasteiger partial charge in [0.25, 0.3) is 0 Å². The van der Waals surface area contributed by atoms with E-state index in [1.54, 1.807) is 0 Å². The van der Waals surface area contributed by atoms with Crippen molar-refractivity contribution >= 4 is 23.4 Å². The van der Waals surface area contributed by atoms with E-state index in [0.717, 1.165) is 0 Å². The molecule has 0 amide bonds. The van der Waals surface area contributed by atoms with Crippen LogP contribution < -0.4 is 10.6 Å². The Bertz CT molecular complexity index is 520. The molecule has 0 aliphatic heterocycles. The number of hydrogen-bond acceptors (Lipinski definition) is 8. The number of ether oxygens (including phenoxy) is 1. The molecule has 1 atom stereocenters. The van der Waals surface area contributed by atoms with E-state index in [1.165, 1.54) is 21.0 Å².